The van der Waals surface area contributed by atoms with Crippen LogP contribution in [-0.2, 0) is 6.42 Å². The molecule has 0 aliphatic heterocycles. The lowest BCUT2D eigenvalue weighted by Crippen LogP contribution is -1.89. The Kier molecular flexibility index (Phi) is 2.93. The highest BCUT2D eigenvalue weighted by Crippen LogP contribution is 2.21. The van der Waals surface area contributed by atoms with Gasteiger partial charge in [0.1, 0.15) is 0 Å². The molecule has 0 N–H and O–H groups in total. The molecular formula is C14H13N. The molecule has 0 atom stereocenters. The van der Waals surface area contributed by atoms with Gasteiger partial charge < -0.3 is 0 Å². The fraction of sp³-hybridized carbons (Fsp3) is 0.0714. The molecule has 0 spiro atoms. The number of allylic oxidation sites excluding steroid dienone is 1. The van der Waals surface area contributed by atoms with Gasteiger partial charge in [0.15, 0.2) is 0 Å². The summed E-state index contributed by atoms with van der Waals surface area (Å²) in [6, 6.07) is 14.3. The maximum atomic E-state index is 4.36. The molecule has 1 nitrogen and oxygen atoms in total. The number of pyridine rings is 1. The van der Waals surface area contributed by atoms with Gasteiger partial charge in [0, 0.05) is 11.8 Å². The van der Waals surface area contributed by atoms with Gasteiger partial charge in [0.25, 0.3) is 0 Å². The van der Waals surface area contributed by atoms with Crippen LogP contribution in [0.1, 0.15) is 5.56 Å². The molecule has 0 aliphatic carbocycles. The summed E-state index contributed by atoms with van der Waals surface area (Å²) in [6.45, 7) is 3.77. The maximum Gasteiger partial charge on any atom is 0.0704 e. The molecule has 1 aromatic heterocycles. The van der Waals surface area contributed by atoms with E-state index >= 15 is 0 Å². The van der Waals surface area contributed by atoms with E-state index in [0.29, 0.717) is 0 Å². The number of nitrogens with zero attached hydrogens (tertiary/aromatic N) is 1. The van der Waals surface area contributed by atoms with Crippen LogP contribution < -0.4 is 0 Å². The molecule has 0 bridgehead atoms. The van der Waals surface area contributed by atoms with E-state index in [-0.39, 0.29) is 0 Å². The van der Waals surface area contributed by atoms with Crippen molar-refractivity contribution in [2.45, 2.75) is 6.42 Å². The van der Waals surface area contributed by atoms with Crippen molar-refractivity contribution in [3.05, 3.63) is 66.9 Å². The van der Waals surface area contributed by atoms with Crippen LogP contribution >= 0.6 is 0 Å². The Morgan fingerprint density at radius 2 is 1.87 bits per heavy atom. The van der Waals surface area contributed by atoms with Crippen LogP contribution in [0, 0.1) is 0 Å². The Balaban J connectivity index is 2.48. The zero-order valence-corrected chi connectivity index (χ0v) is 8.56. The molecule has 0 unspecified atom stereocenters. The Bertz CT molecular complexity index is 446. The average Bonchev–Trinajstić information content (AvgIpc) is 2.31. The van der Waals surface area contributed by atoms with Crippen molar-refractivity contribution in [1.29, 1.82) is 0 Å². The SMILES string of the molecule is C=CCc1ccccc1-c1ccccn1. The minimum atomic E-state index is 0.882. The average molecular weight is 195 g/mol. The summed E-state index contributed by atoms with van der Waals surface area (Å²) in [5.74, 6) is 0. The van der Waals surface area contributed by atoms with Crippen molar-refractivity contribution in [1.82, 2.24) is 4.98 Å². The zero-order valence-electron chi connectivity index (χ0n) is 8.56. The van der Waals surface area contributed by atoms with E-state index in [4.69, 9.17) is 0 Å². The van der Waals surface area contributed by atoms with Gasteiger partial charge in [0.05, 0.1) is 5.69 Å². The second-order valence-corrected chi connectivity index (χ2v) is 3.36. The van der Waals surface area contributed by atoms with E-state index in [1.807, 2.05) is 42.6 Å². The van der Waals surface area contributed by atoms with E-state index in [1.165, 1.54) is 11.1 Å². The molecule has 0 radical (unpaired) electrons. The van der Waals surface area contributed by atoms with Crippen LogP contribution in [0.3, 0.4) is 0 Å². The number of rotatable bonds is 3. The number of benzene rings is 1. The lowest BCUT2D eigenvalue weighted by atomic mass is 10.0. The third-order valence-corrected chi connectivity index (χ3v) is 2.32. The van der Waals surface area contributed by atoms with Gasteiger partial charge in [0.2, 0.25) is 0 Å². The zero-order chi connectivity index (χ0) is 10.5. The van der Waals surface area contributed by atoms with Crippen molar-refractivity contribution in [3.63, 3.8) is 0 Å². The first-order chi connectivity index (χ1) is 7.42. The Morgan fingerprint density at radius 1 is 1.07 bits per heavy atom. The molecule has 0 aliphatic rings. The molecule has 0 saturated carbocycles. The first-order valence-corrected chi connectivity index (χ1v) is 5.02. The van der Waals surface area contributed by atoms with Crippen LogP contribution in [0.2, 0.25) is 0 Å². The molecule has 0 saturated heterocycles. The third-order valence-electron chi connectivity index (χ3n) is 2.32. The minimum absolute atomic E-state index is 0.882. The van der Waals surface area contributed by atoms with E-state index in [9.17, 15) is 0 Å². The smallest absolute Gasteiger partial charge is 0.0704 e. The molecule has 2 rings (SSSR count). The highest BCUT2D eigenvalue weighted by molar-refractivity contribution is 5.63. The highest BCUT2D eigenvalue weighted by Gasteiger charge is 2.02. The summed E-state index contributed by atoms with van der Waals surface area (Å²) < 4.78 is 0. The van der Waals surface area contributed by atoms with Crippen LogP contribution in [-0.4, -0.2) is 4.98 Å². The fourth-order valence-corrected chi connectivity index (χ4v) is 1.63. The molecule has 1 aromatic carbocycles. The maximum absolute atomic E-state index is 4.36. The second kappa shape index (κ2) is 4.56. The molecule has 0 fully saturated rings. The Labute approximate surface area is 90.1 Å². The predicted molar refractivity (Wildman–Crippen MR) is 63.6 cm³/mol. The highest BCUT2D eigenvalue weighted by atomic mass is 14.7. The van der Waals surface area contributed by atoms with E-state index < -0.39 is 0 Å². The summed E-state index contributed by atoms with van der Waals surface area (Å²) in [4.78, 5) is 4.36. The number of aromatic nitrogens is 1. The van der Waals surface area contributed by atoms with E-state index in [0.717, 1.165) is 12.1 Å². The Hall–Kier alpha value is -1.89. The largest absolute Gasteiger partial charge is 0.256 e. The van der Waals surface area contributed by atoms with E-state index in [2.05, 4.69) is 23.7 Å². The molecule has 15 heavy (non-hydrogen) atoms. The van der Waals surface area contributed by atoms with Crippen molar-refractivity contribution < 1.29 is 0 Å². The molecule has 1 heterocycles. The standard InChI is InChI=1S/C14H13N/c1-2-7-12-8-3-4-9-13(12)14-10-5-6-11-15-14/h2-6,8-11H,1,7H2. The topological polar surface area (TPSA) is 12.9 Å². The van der Waals surface area contributed by atoms with Gasteiger partial charge in [-0.15, -0.1) is 6.58 Å². The number of hydrogen-bond donors (Lipinski definition) is 0. The van der Waals surface area contributed by atoms with Crippen LogP contribution in [0.5, 0.6) is 0 Å². The Morgan fingerprint density at radius 3 is 2.60 bits per heavy atom. The summed E-state index contributed by atoms with van der Waals surface area (Å²) in [5.41, 5.74) is 3.49. The van der Waals surface area contributed by atoms with Gasteiger partial charge in [-0.2, -0.15) is 0 Å². The summed E-state index contributed by atoms with van der Waals surface area (Å²) in [7, 11) is 0. The van der Waals surface area contributed by atoms with Gasteiger partial charge in [-0.25, -0.2) is 0 Å². The van der Waals surface area contributed by atoms with Crippen LogP contribution in [0.4, 0.5) is 0 Å². The lowest BCUT2D eigenvalue weighted by molar-refractivity contribution is 1.24. The number of hydrogen-bond acceptors (Lipinski definition) is 1. The van der Waals surface area contributed by atoms with Crippen LogP contribution in [0.15, 0.2) is 61.3 Å². The van der Waals surface area contributed by atoms with E-state index in [1.54, 1.807) is 0 Å². The van der Waals surface area contributed by atoms with Gasteiger partial charge >= 0.3 is 0 Å². The van der Waals surface area contributed by atoms with Crippen molar-refractivity contribution in [3.8, 4) is 11.3 Å². The molecule has 0 amide bonds. The first kappa shape index (κ1) is 9.66. The lowest BCUT2D eigenvalue weighted by Gasteiger charge is -2.06. The first-order valence-electron chi connectivity index (χ1n) is 5.02. The molecular weight excluding hydrogens is 182 g/mol. The summed E-state index contributed by atoms with van der Waals surface area (Å²) in [6.07, 6.45) is 4.62. The molecule has 2 aromatic rings. The van der Waals surface area contributed by atoms with Crippen molar-refractivity contribution >= 4 is 0 Å². The van der Waals surface area contributed by atoms with Crippen molar-refractivity contribution in [2.75, 3.05) is 0 Å². The normalized spacial score (nSPS) is 9.87. The monoisotopic (exact) mass is 195 g/mol. The van der Waals surface area contributed by atoms with Crippen LogP contribution in [0.25, 0.3) is 11.3 Å². The molecule has 74 valence electrons. The van der Waals surface area contributed by atoms with Gasteiger partial charge in [-0.1, -0.05) is 36.4 Å². The molecule has 1 heteroatoms. The fourth-order valence-electron chi connectivity index (χ4n) is 1.63. The summed E-state index contributed by atoms with van der Waals surface area (Å²) >= 11 is 0. The third kappa shape index (κ3) is 2.13. The minimum Gasteiger partial charge on any atom is -0.256 e. The quantitative estimate of drug-likeness (QED) is 0.683. The predicted octanol–water partition coefficient (Wildman–Crippen LogP) is 3.48. The van der Waals surface area contributed by atoms with Gasteiger partial charge in [-0.05, 0) is 24.1 Å². The second-order valence-electron chi connectivity index (χ2n) is 3.36. The van der Waals surface area contributed by atoms with Crippen molar-refractivity contribution in [2.24, 2.45) is 0 Å². The van der Waals surface area contributed by atoms with Gasteiger partial charge in [-0.3, -0.25) is 4.98 Å². The summed E-state index contributed by atoms with van der Waals surface area (Å²) in [5, 5.41) is 0.